The van der Waals surface area contributed by atoms with Crippen LogP contribution in [-0.2, 0) is 26.0 Å². The van der Waals surface area contributed by atoms with Gasteiger partial charge in [-0.1, -0.05) is 39.5 Å². The molecule has 3 N–H and O–H groups in total. The van der Waals surface area contributed by atoms with Gasteiger partial charge in [-0.2, -0.15) is 4.72 Å². The highest BCUT2D eigenvalue weighted by Crippen LogP contribution is 2.25. The lowest BCUT2D eigenvalue weighted by molar-refractivity contribution is -0.124. The van der Waals surface area contributed by atoms with Crippen LogP contribution in [0.1, 0.15) is 77.2 Å². The Morgan fingerprint density at radius 3 is 2.48 bits per heavy atom. The van der Waals surface area contributed by atoms with E-state index in [1.807, 2.05) is 13.8 Å². The summed E-state index contributed by atoms with van der Waals surface area (Å²) in [7, 11) is -3.88. The number of benzene rings is 1. The van der Waals surface area contributed by atoms with Crippen molar-refractivity contribution in [3.8, 4) is 0 Å². The van der Waals surface area contributed by atoms with E-state index in [9.17, 15) is 18.0 Å². The van der Waals surface area contributed by atoms with Gasteiger partial charge in [0.15, 0.2) is 0 Å². The van der Waals surface area contributed by atoms with Gasteiger partial charge in [-0.15, -0.1) is 0 Å². The summed E-state index contributed by atoms with van der Waals surface area (Å²) in [5, 5.41) is 5.91. The van der Waals surface area contributed by atoms with E-state index in [-0.39, 0.29) is 28.7 Å². The lowest BCUT2D eigenvalue weighted by Gasteiger charge is -2.24. The molecule has 8 heteroatoms. The zero-order chi connectivity index (χ0) is 22.4. The summed E-state index contributed by atoms with van der Waals surface area (Å²) in [4.78, 5) is 24.9. The third-order valence-electron chi connectivity index (χ3n) is 6.03. The van der Waals surface area contributed by atoms with E-state index in [0.717, 1.165) is 31.2 Å². The lowest BCUT2D eigenvalue weighted by atomic mass is 10.0. The molecule has 1 atom stereocenters. The average molecular weight is 450 g/mol. The van der Waals surface area contributed by atoms with Gasteiger partial charge < -0.3 is 10.6 Å². The van der Waals surface area contributed by atoms with Crippen molar-refractivity contribution in [2.24, 2.45) is 5.92 Å². The first kappa shape index (κ1) is 23.7. The molecule has 2 aliphatic rings. The Balaban J connectivity index is 1.75. The first-order valence-electron chi connectivity index (χ1n) is 11.5. The molecule has 0 bridgehead atoms. The molecule has 1 aliphatic heterocycles. The maximum atomic E-state index is 13.1. The van der Waals surface area contributed by atoms with E-state index >= 15 is 0 Å². The molecule has 0 spiro atoms. The van der Waals surface area contributed by atoms with Crippen molar-refractivity contribution in [1.82, 2.24) is 10.0 Å². The highest BCUT2D eigenvalue weighted by Gasteiger charge is 2.29. The highest BCUT2D eigenvalue weighted by molar-refractivity contribution is 7.89. The number of carbonyl (C=O) groups excluding carboxylic acids is 2. The predicted octanol–water partition coefficient (Wildman–Crippen LogP) is 3.49. The van der Waals surface area contributed by atoms with E-state index in [0.29, 0.717) is 31.4 Å². The van der Waals surface area contributed by atoms with Crippen LogP contribution in [0.4, 0.5) is 5.69 Å². The number of hydrogen-bond acceptors (Lipinski definition) is 4. The molecule has 1 aliphatic carbocycles. The summed E-state index contributed by atoms with van der Waals surface area (Å²) in [6, 6.07) is 4.04. The van der Waals surface area contributed by atoms with Crippen LogP contribution in [0.5, 0.6) is 0 Å². The van der Waals surface area contributed by atoms with Gasteiger partial charge in [0.05, 0.1) is 4.90 Å². The number of nitrogens with one attached hydrogen (secondary N) is 3. The minimum absolute atomic E-state index is 0.0559. The average Bonchev–Trinajstić information content (AvgIpc) is 3.06. The number of fused-ring (bicyclic) bond motifs is 1. The summed E-state index contributed by atoms with van der Waals surface area (Å²) >= 11 is 0. The van der Waals surface area contributed by atoms with Crippen molar-refractivity contribution in [3.05, 3.63) is 23.8 Å². The van der Waals surface area contributed by atoms with Crippen molar-refractivity contribution in [2.45, 2.75) is 95.0 Å². The first-order chi connectivity index (χ1) is 14.7. The van der Waals surface area contributed by atoms with Gasteiger partial charge in [-0.3, -0.25) is 9.59 Å². The second-order valence-electron chi connectivity index (χ2n) is 9.22. The quantitative estimate of drug-likeness (QED) is 0.554. The van der Waals surface area contributed by atoms with Gasteiger partial charge in [0.1, 0.15) is 6.04 Å². The topological polar surface area (TPSA) is 104 Å². The number of amides is 2. The smallest absolute Gasteiger partial charge is 0.241 e. The van der Waals surface area contributed by atoms with Crippen LogP contribution in [0, 0.1) is 5.92 Å². The summed E-state index contributed by atoms with van der Waals surface area (Å²) in [6.45, 7) is 3.95. The Morgan fingerprint density at radius 2 is 1.81 bits per heavy atom. The van der Waals surface area contributed by atoms with Crippen LogP contribution in [-0.4, -0.2) is 32.3 Å². The number of rotatable bonds is 7. The maximum Gasteiger partial charge on any atom is 0.241 e. The van der Waals surface area contributed by atoms with Crippen LogP contribution in [0.2, 0.25) is 0 Å². The Kier molecular flexibility index (Phi) is 8.11. The second kappa shape index (κ2) is 10.6. The Labute approximate surface area is 185 Å². The molecule has 0 radical (unpaired) electrons. The fourth-order valence-corrected chi connectivity index (χ4v) is 5.64. The van der Waals surface area contributed by atoms with Gasteiger partial charge >= 0.3 is 0 Å². The van der Waals surface area contributed by atoms with E-state index in [1.165, 1.54) is 18.9 Å². The van der Waals surface area contributed by atoms with Crippen LogP contribution < -0.4 is 15.4 Å². The standard InChI is InChI=1S/C23H35N3O4S/c1-16(2)14-21(23(28)24-18-9-5-3-4-6-10-18)26-31(29,30)19-12-13-20-17(15-19)8-7-11-22(27)25-20/h12-13,15-16,18,21,26H,3-11,14H2,1-2H3,(H,24,28)(H,25,27)/t21-/m1/s1. The van der Waals surface area contributed by atoms with E-state index in [4.69, 9.17) is 0 Å². The van der Waals surface area contributed by atoms with Crippen molar-refractivity contribution < 1.29 is 18.0 Å². The van der Waals surface area contributed by atoms with E-state index in [1.54, 1.807) is 12.1 Å². The molecule has 0 saturated heterocycles. The van der Waals surface area contributed by atoms with Gasteiger partial charge in [0.2, 0.25) is 21.8 Å². The zero-order valence-electron chi connectivity index (χ0n) is 18.6. The second-order valence-corrected chi connectivity index (χ2v) is 10.9. The normalized spacial score (nSPS) is 19.1. The highest BCUT2D eigenvalue weighted by atomic mass is 32.2. The fraction of sp³-hybridized carbons (Fsp3) is 0.652. The van der Waals surface area contributed by atoms with Gasteiger partial charge in [0, 0.05) is 18.2 Å². The summed E-state index contributed by atoms with van der Waals surface area (Å²) in [5.41, 5.74) is 1.46. The minimum Gasteiger partial charge on any atom is -0.352 e. The molecule has 31 heavy (non-hydrogen) atoms. The fourth-order valence-electron chi connectivity index (χ4n) is 4.38. The molecular formula is C23H35N3O4S. The Bertz CT molecular complexity index is 890. The molecule has 172 valence electrons. The molecule has 1 aromatic carbocycles. The number of carbonyl (C=O) groups is 2. The summed E-state index contributed by atoms with van der Waals surface area (Å²) in [5.74, 6) is -0.138. The number of anilines is 1. The first-order valence-corrected chi connectivity index (χ1v) is 13.0. The number of sulfonamides is 1. The van der Waals surface area contributed by atoms with Crippen LogP contribution in [0.3, 0.4) is 0 Å². The number of hydrogen-bond donors (Lipinski definition) is 3. The zero-order valence-corrected chi connectivity index (χ0v) is 19.4. The van der Waals surface area contributed by atoms with E-state index < -0.39 is 16.1 Å². The molecule has 0 aromatic heterocycles. The third kappa shape index (κ3) is 6.77. The van der Waals surface area contributed by atoms with Gasteiger partial charge in [0.25, 0.3) is 0 Å². The van der Waals surface area contributed by atoms with Crippen molar-refractivity contribution in [2.75, 3.05) is 5.32 Å². The summed E-state index contributed by atoms with van der Waals surface area (Å²) in [6.07, 6.45) is 8.62. The van der Waals surface area contributed by atoms with Crippen molar-refractivity contribution in [1.29, 1.82) is 0 Å². The molecule has 2 amide bonds. The van der Waals surface area contributed by atoms with Crippen LogP contribution in [0.15, 0.2) is 23.1 Å². The molecule has 3 rings (SSSR count). The molecule has 7 nitrogen and oxygen atoms in total. The van der Waals surface area contributed by atoms with Gasteiger partial charge in [-0.05, 0) is 61.8 Å². The van der Waals surface area contributed by atoms with Crippen molar-refractivity contribution >= 4 is 27.5 Å². The van der Waals surface area contributed by atoms with Gasteiger partial charge in [-0.25, -0.2) is 8.42 Å². The minimum atomic E-state index is -3.88. The molecule has 1 heterocycles. The largest absolute Gasteiger partial charge is 0.352 e. The SMILES string of the molecule is CC(C)C[C@@H](NS(=O)(=O)c1ccc2c(c1)CCCC(=O)N2)C(=O)NC1CCCCCC1. The number of aryl methyl sites for hydroxylation is 1. The molecule has 1 fully saturated rings. The van der Waals surface area contributed by atoms with Crippen molar-refractivity contribution in [3.63, 3.8) is 0 Å². The molecule has 1 saturated carbocycles. The maximum absolute atomic E-state index is 13.1. The van der Waals surface area contributed by atoms with Crippen LogP contribution in [0.25, 0.3) is 0 Å². The van der Waals surface area contributed by atoms with E-state index in [2.05, 4.69) is 15.4 Å². The Hall–Kier alpha value is -1.93. The molecular weight excluding hydrogens is 414 g/mol. The predicted molar refractivity (Wildman–Crippen MR) is 121 cm³/mol. The molecule has 0 unspecified atom stereocenters. The lowest BCUT2D eigenvalue weighted by Crippen LogP contribution is -2.50. The summed E-state index contributed by atoms with van der Waals surface area (Å²) < 4.78 is 28.9. The van der Waals surface area contributed by atoms with Crippen LogP contribution >= 0.6 is 0 Å². The molecule has 1 aromatic rings. The monoisotopic (exact) mass is 449 g/mol. The Morgan fingerprint density at radius 1 is 1.10 bits per heavy atom. The third-order valence-corrected chi connectivity index (χ3v) is 7.50.